The molecule has 1 aromatic carbocycles. The topological polar surface area (TPSA) is 0 Å². The highest BCUT2D eigenvalue weighted by Gasteiger charge is 1.86. The number of halogens is 1. The first-order valence-electron chi connectivity index (χ1n) is 3.76. The second-order valence-corrected chi connectivity index (χ2v) is 2.67. The van der Waals surface area contributed by atoms with Gasteiger partial charge >= 0.3 is 0 Å². The van der Waals surface area contributed by atoms with Crippen LogP contribution in [0, 0.1) is 0 Å². The van der Waals surface area contributed by atoms with Crippen LogP contribution >= 0.6 is 15.9 Å². The molecule has 9 heavy (non-hydrogen) atoms. The molecule has 0 aliphatic carbocycles. The lowest BCUT2D eigenvalue weighted by molar-refractivity contribution is 1.14. The Morgan fingerprint density at radius 2 is 2.00 bits per heavy atom. The van der Waals surface area contributed by atoms with E-state index in [0.717, 1.165) is 4.47 Å². The van der Waals surface area contributed by atoms with Gasteiger partial charge in [0.1, 0.15) is 0 Å². The van der Waals surface area contributed by atoms with Gasteiger partial charge in [0.25, 0.3) is 0 Å². The van der Waals surface area contributed by atoms with Crippen LogP contribution in [0.1, 0.15) is 15.2 Å². The summed E-state index contributed by atoms with van der Waals surface area (Å²) in [6, 6.07) is 7.25. The summed E-state index contributed by atoms with van der Waals surface area (Å²) in [5.74, 6) is 0. The third-order valence-electron chi connectivity index (χ3n) is 1.13. The Labute approximate surface area is 66.8 Å². The summed E-state index contributed by atoms with van der Waals surface area (Å²) in [7, 11) is 0. The normalized spacial score (nSPS) is 14.4. The van der Waals surface area contributed by atoms with E-state index in [2.05, 4.69) is 15.9 Å². The summed E-state index contributed by atoms with van der Waals surface area (Å²) in [6.07, 6.45) is -1.24. The quantitative estimate of drug-likeness (QED) is 0.633. The van der Waals surface area contributed by atoms with Crippen molar-refractivity contribution in [1.82, 2.24) is 0 Å². The second-order valence-electron chi connectivity index (χ2n) is 1.76. The SMILES string of the molecule is [2H]C([2H])(C)c1ccc(Br)cc1. The van der Waals surface area contributed by atoms with Gasteiger partial charge in [-0.1, -0.05) is 35.0 Å². The molecular weight excluding hydrogens is 176 g/mol. The minimum atomic E-state index is -1.24. The van der Waals surface area contributed by atoms with Gasteiger partial charge in [-0.05, 0) is 24.1 Å². The van der Waals surface area contributed by atoms with Gasteiger partial charge in [0, 0.05) is 7.21 Å². The van der Waals surface area contributed by atoms with Gasteiger partial charge in [0.2, 0.25) is 0 Å². The molecule has 0 aliphatic heterocycles. The molecule has 0 aliphatic rings. The number of hydrogen-bond acceptors (Lipinski definition) is 0. The first-order valence-corrected chi connectivity index (χ1v) is 3.55. The minimum Gasteiger partial charge on any atom is -0.0613 e. The van der Waals surface area contributed by atoms with Gasteiger partial charge in [-0.15, -0.1) is 0 Å². The Kier molecular flexibility index (Phi) is 1.51. The summed E-state index contributed by atoms with van der Waals surface area (Å²) in [5.41, 5.74) is 0.709. The predicted octanol–water partition coefficient (Wildman–Crippen LogP) is 3.01. The van der Waals surface area contributed by atoms with Crippen molar-refractivity contribution in [2.75, 3.05) is 0 Å². The van der Waals surface area contributed by atoms with E-state index in [0.29, 0.717) is 5.56 Å². The molecule has 0 nitrogen and oxygen atoms in total. The molecule has 0 spiro atoms. The Morgan fingerprint density at radius 1 is 1.44 bits per heavy atom. The van der Waals surface area contributed by atoms with Crippen LogP contribution in [0.2, 0.25) is 0 Å². The van der Waals surface area contributed by atoms with Crippen LogP contribution in [0.3, 0.4) is 0 Å². The molecule has 0 bridgehead atoms. The zero-order valence-corrected chi connectivity index (χ0v) is 6.77. The van der Waals surface area contributed by atoms with Crippen LogP contribution in [0.5, 0.6) is 0 Å². The molecule has 0 amide bonds. The lowest BCUT2D eigenvalue weighted by Crippen LogP contribution is -1.75. The molecule has 0 aromatic heterocycles. The second kappa shape index (κ2) is 3.02. The Morgan fingerprint density at radius 3 is 2.44 bits per heavy atom. The monoisotopic (exact) mass is 186 g/mol. The smallest absolute Gasteiger partial charge is 0.0313 e. The first-order chi connectivity index (χ1) is 5.00. The number of hydrogen-bond donors (Lipinski definition) is 0. The van der Waals surface area contributed by atoms with Crippen LogP contribution in [0.4, 0.5) is 0 Å². The van der Waals surface area contributed by atoms with Crippen molar-refractivity contribution in [2.45, 2.75) is 13.3 Å². The average molecular weight is 187 g/mol. The van der Waals surface area contributed by atoms with Crippen molar-refractivity contribution in [2.24, 2.45) is 0 Å². The third kappa shape index (κ3) is 1.83. The maximum Gasteiger partial charge on any atom is 0.0313 e. The fourth-order valence-electron chi connectivity index (χ4n) is 0.617. The van der Waals surface area contributed by atoms with E-state index in [1.807, 2.05) is 12.1 Å². The van der Waals surface area contributed by atoms with E-state index in [1.165, 1.54) is 0 Å². The summed E-state index contributed by atoms with van der Waals surface area (Å²) in [6.45, 7) is 1.55. The number of rotatable bonds is 1. The molecule has 0 radical (unpaired) electrons. The summed E-state index contributed by atoms with van der Waals surface area (Å²) < 4.78 is 15.8. The molecule has 0 N–H and O–H groups in total. The zero-order chi connectivity index (χ0) is 8.48. The van der Waals surface area contributed by atoms with Crippen molar-refractivity contribution >= 4 is 15.9 Å². The zero-order valence-electron chi connectivity index (χ0n) is 7.19. The Hall–Kier alpha value is -0.300. The Bertz CT molecular complexity index is 235. The highest BCUT2D eigenvalue weighted by atomic mass is 79.9. The van der Waals surface area contributed by atoms with E-state index in [9.17, 15) is 0 Å². The van der Waals surface area contributed by atoms with Gasteiger partial charge in [-0.2, -0.15) is 0 Å². The molecule has 1 rings (SSSR count). The van der Waals surface area contributed by atoms with Crippen molar-refractivity contribution in [3.05, 3.63) is 34.3 Å². The first kappa shape index (κ1) is 4.51. The largest absolute Gasteiger partial charge is 0.0613 e. The van der Waals surface area contributed by atoms with Crippen molar-refractivity contribution in [3.8, 4) is 0 Å². The average Bonchev–Trinajstić information content (AvgIpc) is 1.86. The van der Waals surface area contributed by atoms with E-state index >= 15 is 0 Å². The summed E-state index contributed by atoms with van der Waals surface area (Å²) >= 11 is 3.29. The lowest BCUT2D eigenvalue weighted by Gasteiger charge is -1.93. The molecule has 0 unspecified atom stereocenters. The molecular formula is C8H9Br. The molecule has 1 heteroatoms. The van der Waals surface area contributed by atoms with E-state index in [1.54, 1.807) is 19.1 Å². The maximum atomic E-state index is 7.39. The summed E-state index contributed by atoms with van der Waals surface area (Å²) in [5, 5.41) is 0. The van der Waals surface area contributed by atoms with Crippen LogP contribution < -0.4 is 0 Å². The fourth-order valence-corrected chi connectivity index (χ4v) is 0.881. The van der Waals surface area contributed by atoms with Crippen LogP contribution in [0.15, 0.2) is 28.7 Å². The predicted molar refractivity (Wildman–Crippen MR) is 43.5 cm³/mol. The standard InChI is InChI=1S/C8H9Br/c1-2-7-3-5-8(9)6-4-7/h3-6H,2H2,1H3/i2D2. The maximum absolute atomic E-state index is 7.39. The third-order valence-corrected chi connectivity index (χ3v) is 1.66. The van der Waals surface area contributed by atoms with Gasteiger partial charge < -0.3 is 0 Å². The van der Waals surface area contributed by atoms with Crippen molar-refractivity contribution < 1.29 is 2.74 Å². The van der Waals surface area contributed by atoms with Gasteiger partial charge in [-0.3, -0.25) is 0 Å². The highest BCUT2D eigenvalue weighted by Crippen LogP contribution is 2.10. The molecule has 1 aromatic rings. The fraction of sp³-hybridized carbons (Fsp3) is 0.250. The van der Waals surface area contributed by atoms with Crippen molar-refractivity contribution in [3.63, 3.8) is 0 Å². The molecule has 48 valence electrons. The molecule has 0 fully saturated rings. The number of benzene rings is 1. The number of aryl methyl sites for hydroxylation is 1. The highest BCUT2D eigenvalue weighted by molar-refractivity contribution is 9.10. The van der Waals surface area contributed by atoms with Gasteiger partial charge in [-0.25, -0.2) is 0 Å². The lowest BCUT2D eigenvalue weighted by atomic mass is 10.2. The minimum absolute atomic E-state index is 0.709. The van der Waals surface area contributed by atoms with E-state index in [4.69, 9.17) is 2.74 Å². The molecule has 0 atom stereocenters. The van der Waals surface area contributed by atoms with Crippen LogP contribution in [0.25, 0.3) is 0 Å². The van der Waals surface area contributed by atoms with Crippen molar-refractivity contribution in [1.29, 1.82) is 0 Å². The summed E-state index contributed by atoms with van der Waals surface area (Å²) in [4.78, 5) is 0. The van der Waals surface area contributed by atoms with E-state index in [-0.39, 0.29) is 0 Å². The van der Waals surface area contributed by atoms with Gasteiger partial charge in [0.05, 0.1) is 0 Å². The Balaban J connectivity index is 2.99. The molecule has 0 saturated carbocycles. The molecule has 0 heterocycles. The van der Waals surface area contributed by atoms with Gasteiger partial charge in [0.15, 0.2) is 0 Å². The van der Waals surface area contributed by atoms with E-state index < -0.39 is 6.37 Å². The molecule has 0 saturated heterocycles. The van der Waals surface area contributed by atoms with Crippen LogP contribution in [-0.2, 0) is 6.37 Å². The van der Waals surface area contributed by atoms with Crippen LogP contribution in [-0.4, -0.2) is 0 Å².